The number of alkyl halides is 2. The van der Waals surface area contributed by atoms with Crippen LogP contribution in [-0.2, 0) is 0 Å². The zero-order chi connectivity index (χ0) is 11.8. The zero-order valence-electron chi connectivity index (χ0n) is 10.6. The van der Waals surface area contributed by atoms with Gasteiger partial charge in [0.1, 0.15) is 0 Å². The van der Waals surface area contributed by atoms with E-state index >= 15 is 0 Å². The molecule has 2 atom stereocenters. The predicted molar refractivity (Wildman–Crippen MR) is 68.0 cm³/mol. The summed E-state index contributed by atoms with van der Waals surface area (Å²) in [6.07, 6.45) is 1.72. The van der Waals surface area contributed by atoms with Crippen molar-refractivity contribution in [3.63, 3.8) is 0 Å². The molecule has 0 bridgehead atoms. The first-order valence-corrected chi connectivity index (χ1v) is 6.22. The molecular formula is C12H23ClF2N2. The lowest BCUT2D eigenvalue weighted by Gasteiger charge is -2.40. The summed E-state index contributed by atoms with van der Waals surface area (Å²) in [4.78, 5) is 1.95. The molecule has 0 saturated carbocycles. The minimum atomic E-state index is -2.50. The van der Waals surface area contributed by atoms with Crippen molar-refractivity contribution in [3.8, 4) is 0 Å². The Morgan fingerprint density at radius 1 is 1.41 bits per heavy atom. The normalized spacial score (nSPS) is 37.8. The summed E-state index contributed by atoms with van der Waals surface area (Å²) < 4.78 is 27.2. The summed E-state index contributed by atoms with van der Waals surface area (Å²) in [6.45, 7) is 7.43. The molecule has 2 aliphatic rings. The van der Waals surface area contributed by atoms with E-state index in [2.05, 4.69) is 12.2 Å². The maximum atomic E-state index is 13.6. The van der Waals surface area contributed by atoms with E-state index in [1.165, 1.54) is 0 Å². The van der Waals surface area contributed by atoms with Crippen molar-refractivity contribution in [1.82, 2.24) is 10.2 Å². The molecular weight excluding hydrogens is 246 g/mol. The third kappa shape index (κ3) is 3.52. The van der Waals surface area contributed by atoms with Gasteiger partial charge in [-0.05, 0) is 31.3 Å². The maximum Gasteiger partial charge on any atom is 0.263 e. The second kappa shape index (κ2) is 5.37. The van der Waals surface area contributed by atoms with Crippen LogP contribution in [0.25, 0.3) is 0 Å². The van der Waals surface area contributed by atoms with Crippen molar-refractivity contribution in [1.29, 1.82) is 0 Å². The Morgan fingerprint density at radius 2 is 2.12 bits per heavy atom. The summed E-state index contributed by atoms with van der Waals surface area (Å²) in [5, 5.41) is 3.32. The summed E-state index contributed by atoms with van der Waals surface area (Å²) >= 11 is 0. The lowest BCUT2D eigenvalue weighted by atomic mass is 9.87. The minimum Gasteiger partial charge on any atom is -0.316 e. The summed E-state index contributed by atoms with van der Waals surface area (Å²) in [6, 6.07) is 0. The van der Waals surface area contributed by atoms with E-state index in [4.69, 9.17) is 0 Å². The van der Waals surface area contributed by atoms with Gasteiger partial charge in [0.15, 0.2) is 0 Å². The summed E-state index contributed by atoms with van der Waals surface area (Å²) in [5.74, 6) is -2.96. The molecule has 17 heavy (non-hydrogen) atoms. The Balaban J connectivity index is 0.00000144. The van der Waals surface area contributed by atoms with E-state index in [1.807, 2.05) is 4.90 Å². The lowest BCUT2D eigenvalue weighted by molar-refractivity contribution is -0.109. The standard InChI is InChI=1S/C12H22F2N2.ClH/c1-10-3-6-16(9-12(10,13)14)8-11(2)4-5-15-7-11;/h10,15H,3-9H2,1-2H3;1H. The molecule has 0 spiro atoms. The molecule has 2 aliphatic heterocycles. The topological polar surface area (TPSA) is 15.3 Å². The largest absolute Gasteiger partial charge is 0.316 e. The molecule has 102 valence electrons. The Kier molecular flexibility index (Phi) is 4.78. The van der Waals surface area contributed by atoms with Gasteiger partial charge in [-0.3, -0.25) is 4.90 Å². The van der Waals surface area contributed by atoms with Crippen LogP contribution in [0.15, 0.2) is 0 Å². The Labute approximate surface area is 109 Å². The predicted octanol–water partition coefficient (Wildman–Crippen LogP) is 2.38. The van der Waals surface area contributed by atoms with Crippen LogP contribution in [0.4, 0.5) is 8.78 Å². The number of hydrogen-bond acceptors (Lipinski definition) is 2. The number of nitrogens with zero attached hydrogens (tertiary/aromatic N) is 1. The highest BCUT2D eigenvalue weighted by atomic mass is 35.5. The van der Waals surface area contributed by atoms with Crippen molar-refractivity contribution in [3.05, 3.63) is 0 Å². The van der Waals surface area contributed by atoms with Gasteiger partial charge in [-0.1, -0.05) is 13.8 Å². The average Bonchev–Trinajstić information content (AvgIpc) is 2.58. The van der Waals surface area contributed by atoms with Crippen LogP contribution in [-0.4, -0.2) is 43.5 Å². The molecule has 2 heterocycles. The van der Waals surface area contributed by atoms with Gasteiger partial charge in [0, 0.05) is 19.0 Å². The van der Waals surface area contributed by atoms with Crippen molar-refractivity contribution in [2.24, 2.45) is 11.3 Å². The Bertz CT molecular complexity index is 255. The molecule has 0 aromatic carbocycles. The number of halogens is 3. The lowest BCUT2D eigenvalue weighted by Crippen LogP contribution is -2.50. The van der Waals surface area contributed by atoms with E-state index in [9.17, 15) is 8.78 Å². The van der Waals surface area contributed by atoms with Crippen LogP contribution >= 0.6 is 12.4 Å². The third-order valence-electron chi connectivity index (χ3n) is 4.10. The fourth-order valence-corrected chi connectivity index (χ4v) is 2.80. The highest BCUT2D eigenvalue weighted by Gasteiger charge is 2.43. The van der Waals surface area contributed by atoms with E-state index in [-0.39, 0.29) is 24.4 Å². The molecule has 2 saturated heterocycles. The van der Waals surface area contributed by atoms with Crippen molar-refractivity contribution < 1.29 is 8.78 Å². The molecule has 5 heteroatoms. The Morgan fingerprint density at radius 3 is 2.65 bits per heavy atom. The van der Waals surface area contributed by atoms with E-state index < -0.39 is 11.8 Å². The monoisotopic (exact) mass is 268 g/mol. The van der Waals surface area contributed by atoms with E-state index in [1.54, 1.807) is 6.92 Å². The van der Waals surface area contributed by atoms with Gasteiger partial charge in [0.25, 0.3) is 5.92 Å². The molecule has 0 radical (unpaired) electrons. The fourth-order valence-electron chi connectivity index (χ4n) is 2.80. The maximum absolute atomic E-state index is 13.6. The van der Waals surface area contributed by atoms with Gasteiger partial charge in [0.2, 0.25) is 0 Å². The number of rotatable bonds is 2. The number of hydrogen-bond donors (Lipinski definition) is 1. The van der Waals surface area contributed by atoms with Crippen LogP contribution in [0.5, 0.6) is 0 Å². The first-order chi connectivity index (χ1) is 7.41. The molecule has 0 aromatic heterocycles. The zero-order valence-corrected chi connectivity index (χ0v) is 11.5. The second-order valence-electron chi connectivity index (χ2n) is 5.90. The average molecular weight is 269 g/mol. The molecule has 0 aromatic rings. The highest BCUT2D eigenvalue weighted by Crippen LogP contribution is 2.34. The molecule has 2 fully saturated rings. The number of likely N-dealkylation sites (tertiary alicyclic amines) is 1. The van der Waals surface area contributed by atoms with E-state index in [0.717, 1.165) is 32.6 Å². The molecule has 2 nitrogen and oxygen atoms in total. The van der Waals surface area contributed by atoms with Crippen LogP contribution in [0.2, 0.25) is 0 Å². The van der Waals surface area contributed by atoms with Gasteiger partial charge in [-0.25, -0.2) is 8.78 Å². The highest BCUT2D eigenvalue weighted by molar-refractivity contribution is 5.85. The Hall–Kier alpha value is 0.0700. The third-order valence-corrected chi connectivity index (χ3v) is 4.10. The van der Waals surface area contributed by atoms with Gasteiger partial charge < -0.3 is 5.32 Å². The smallest absolute Gasteiger partial charge is 0.263 e. The molecule has 2 rings (SSSR count). The molecule has 1 N–H and O–H groups in total. The summed E-state index contributed by atoms with van der Waals surface area (Å²) in [5.41, 5.74) is 0.191. The first-order valence-electron chi connectivity index (χ1n) is 6.22. The number of nitrogens with one attached hydrogen (secondary N) is 1. The molecule has 2 unspecified atom stereocenters. The van der Waals surface area contributed by atoms with Crippen molar-refractivity contribution in [2.75, 3.05) is 32.7 Å². The van der Waals surface area contributed by atoms with Crippen molar-refractivity contribution in [2.45, 2.75) is 32.6 Å². The molecule has 0 aliphatic carbocycles. The quantitative estimate of drug-likeness (QED) is 0.827. The minimum absolute atomic E-state index is 0. The van der Waals surface area contributed by atoms with Gasteiger partial charge >= 0.3 is 0 Å². The second-order valence-corrected chi connectivity index (χ2v) is 5.90. The van der Waals surface area contributed by atoms with E-state index in [0.29, 0.717) is 6.42 Å². The first kappa shape index (κ1) is 15.1. The molecule has 0 amide bonds. The fraction of sp³-hybridized carbons (Fsp3) is 1.00. The van der Waals surface area contributed by atoms with Gasteiger partial charge in [-0.15, -0.1) is 12.4 Å². The van der Waals surface area contributed by atoms with Crippen molar-refractivity contribution >= 4 is 12.4 Å². The van der Waals surface area contributed by atoms with Crippen LogP contribution in [0.1, 0.15) is 26.7 Å². The van der Waals surface area contributed by atoms with Crippen LogP contribution in [0.3, 0.4) is 0 Å². The van der Waals surface area contributed by atoms with Crippen LogP contribution in [0, 0.1) is 11.3 Å². The van der Waals surface area contributed by atoms with Gasteiger partial charge in [-0.2, -0.15) is 0 Å². The van der Waals surface area contributed by atoms with Crippen LogP contribution < -0.4 is 5.32 Å². The van der Waals surface area contributed by atoms with Gasteiger partial charge in [0.05, 0.1) is 6.54 Å². The summed E-state index contributed by atoms with van der Waals surface area (Å²) in [7, 11) is 0. The SMILES string of the molecule is CC1CCN(CC2(C)CCNC2)CC1(F)F.Cl. The number of piperidine rings is 1.